The lowest BCUT2D eigenvalue weighted by atomic mass is 9.62. The summed E-state index contributed by atoms with van der Waals surface area (Å²) >= 11 is 0. The molecule has 0 heterocycles. The summed E-state index contributed by atoms with van der Waals surface area (Å²) in [7, 11) is 0. The number of rotatable bonds is 1. The topological polar surface area (TPSA) is 0 Å². The van der Waals surface area contributed by atoms with Gasteiger partial charge in [0.15, 0.2) is 0 Å². The van der Waals surface area contributed by atoms with Gasteiger partial charge in [0.1, 0.15) is 0 Å². The van der Waals surface area contributed by atoms with Crippen molar-refractivity contribution in [2.24, 2.45) is 23.7 Å². The first-order valence-corrected chi connectivity index (χ1v) is 4.79. The fourth-order valence-corrected chi connectivity index (χ4v) is 3.02. The van der Waals surface area contributed by atoms with Gasteiger partial charge in [-0.3, -0.25) is 0 Å². The van der Waals surface area contributed by atoms with E-state index < -0.39 is 0 Å². The summed E-state index contributed by atoms with van der Waals surface area (Å²) < 4.78 is 0. The Kier molecular flexibility index (Phi) is 1.51. The van der Waals surface area contributed by atoms with E-state index in [9.17, 15) is 0 Å². The molecule has 2 saturated carbocycles. The van der Waals surface area contributed by atoms with Gasteiger partial charge in [-0.05, 0) is 36.5 Å². The Balaban J connectivity index is 1.94. The van der Waals surface area contributed by atoms with E-state index in [1.54, 1.807) is 19.3 Å². The van der Waals surface area contributed by atoms with Gasteiger partial charge < -0.3 is 0 Å². The fourth-order valence-electron chi connectivity index (χ4n) is 3.02. The first-order chi connectivity index (χ1) is 4.79. The minimum Gasteiger partial charge on any atom is -0.0625 e. The first kappa shape index (κ1) is 6.69. The van der Waals surface area contributed by atoms with Gasteiger partial charge in [0.25, 0.3) is 0 Å². The molecule has 10 heavy (non-hydrogen) atoms. The zero-order valence-corrected chi connectivity index (χ0v) is 7.14. The summed E-state index contributed by atoms with van der Waals surface area (Å²) in [5.41, 5.74) is 0. The molecule has 2 fully saturated rings. The highest BCUT2D eigenvalue weighted by molar-refractivity contribution is 4.94. The molecule has 0 aliphatic heterocycles. The zero-order valence-electron chi connectivity index (χ0n) is 7.14. The molecule has 2 aliphatic carbocycles. The predicted molar refractivity (Wildman–Crippen MR) is 43.8 cm³/mol. The first-order valence-electron chi connectivity index (χ1n) is 4.79. The Bertz CT molecular complexity index is 126. The van der Waals surface area contributed by atoms with E-state index >= 15 is 0 Å². The van der Waals surface area contributed by atoms with Crippen LogP contribution in [0.5, 0.6) is 0 Å². The van der Waals surface area contributed by atoms with Crippen LogP contribution >= 0.6 is 0 Å². The van der Waals surface area contributed by atoms with Gasteiger partial charge in [0.2, 0.25) is 0 Å². The third-order valence-corrected chi connectivity index (χ3v) is 3.70. The molecule has 0 heteroatoms. The molecule has 0 amide bonds. The monoisotopic (exact) mass is 138 g/mol. The van der Waals surface area contributed by atoms with Crippen molar-refractivity contribution in [3.05, 3.63) is 0 Å². The van der Waals surface area contributed by atoms with Crippen LogP contribution in [-0.2, 0) is 0 Å². The summed E-state index contributed by atoms with van der Waals surface area (Å²) in [5.74, 6) is 4.37. The molecule has 0 saturated heterocycles. The quantitative estimate of drug-likeness (QED) is 0.522. The van der Waals surface area contributed by atoms with E-state index in [0.717, 1.165) is 23.7 Å². The molecule has 3 atom stereocenters. The largest absolute Gasteiger partial charge is 0.0625 e. The van der Waals surface area contributed by atoms with Crippen molar-refractivity contribution < 1.29 is 0 Å². The molecule has 0 N–H and O–H groups in total. The highest BCUT2D eigenvalue weighted by atomic mass is 14.5. The maximum absolute atomic E-state index is 2.39. The van der Waals surface area contributed by atoms with E-state index in [1.807, 2.05) is 0 Å². The summed E-state index contributed by atoms with van der Waals surface area (Å²) in [4.78, 5) is 0. The second kappa shape index (κ2) is 2.25. The second-order valence-corrected chi connectivity index (χ2v) is 4.50. The zero-order chi connectivity index (χ0) is 7.14. The van der Waals surface area contributed by atoms with Crippen LogP contribution in [0.3, 0.4) is 0 Å². The van der Waals surface area contributed by atoms with Crippen LogP contribution < -0.4 is 0 Å². The minimum absolute atomic E-state index is 0.958. The van der Waals surface area contributed by atoms with Crippen LogP contribution in [0.4, 0.5) is 0 Å². The van der Waals surface area contributed by atoms with Gasteiger partial charge in [-0.2, -0.15) is 0 Å². The van der Waals surface area contributed by atoms with Crippen LogP contribution in [0.15, 0.2) is 0 Å². The van der Waals surface area contributed by atoms with Gasteiger partial charge in [-0.15, -0.1) is 0 Å². The van der Waals surface area contributed by atoms with Crippen LogP contribution in [0.2, 0.25) is 0 Å². The summed E-state index contributed by atoms with van der Waals surface area (Å²) in [6.07, 6.45) is 6.18. The lowest BCUT2D eigenvalue weighted by molar-refractivity contribution is 0.0621. The maximum atomic E-state index is 2.39. The lowest BCUT2D eigenvalue weighted by Gasteiger charge is -2.43. The lowest BCUT2D eigenvalue weighted by Crippen LogP contribution is -2.35. The van der Waals surface area contributed by atoms with Crippen LogP contribution in [0.25, 0.3) is 0 Å². The van der Waals surface area contributed by atoms with Crippen LogP contribution in [0.1, 0.15) is 39.5 Å². The van der Waals surface area contributed by atoms with Gasteiger partial charge in [0.05, 0.1) is 0 Å². The number of hydrogen-bond acceptors (Lipinski definition) is 0. The van der Waals surface area contributed by atoms with E-state index in [1.165, 1.54) is 6.42 Å². The van der Waals surface area contributed by atoms with Gasteiger partial charge >= 0.3 is 0 Å². The summed E-state index contributed by atoms with van der Waals surface area (Å²) in [6, 6.07) is 0. The van der Waals surface area contributed by atoms with Crippen molar-refractivity contribution in [1.29, 1.82) is 0 Å². The Hall–Kier alpha value is 0. The van der Waals surface area contributed by atoms with Gasteiger partial charge in [-0.25, -0.2) is 0 Å². The minimum atomic E-state index is 0.958. The Labute approximate surface area is 64.0 Å². The molecule has 2 rings (SSSR count). The van der Waals surface area contributed by atoms with Crippen molar-refractivity contribution in [2.45, 2.75) is 39.5 Å². The van der Waals surface area contributed by atoms with Crippen LogP contribution in [0, 0.1) is 23.7 Å². The molecule has 2 aliphatic rings. The van der Waals surface area contributed by atoms with E-state index in [0.29, 0.717) is 0 Å². The molecule has 0 radical (unpaired) electrons. The van der Waals surface area contributed by atoms with Gasteiger partial charge in [-0.1, -0.05) is 26.7 Å². The molecule has 0 spiro atoms. The Morgan fingerprint density at radius 3 is 2.60 bits per heavy atom. The molecule has 3 unspecified atom stereocenters. The van der Waals surface area contributed by atoms with Crippen molar-refractivity contribution >= 4 is 0 Å². The SMILES string of the molecule is CC(C)C1CC2CCCC21. The number of fused-ring (bicyclic) bond motifs is 1. The van der Waals surface area contributed by atoms with Crippen molar-refractivity contribution in [3.8, 4) is 0 Å². The standard InChI is InChI=1S/C10H18/c1-7(2)10-6-8-4-3-5-9(8)10/h7-10H,3-6H2,1-2H3. The fraction of sp³-hybridized carbons (Fsp3) is 1.00. The molecule has 0 bridgehead atoms. The number of hydrogen-bond donors (Lipinski definition) is 0. The average Bonchev–Trinajstić information content (AvgIpc) is 2.11. The molecular weight excluding hydrogens is 120 g/mol. The Morgan fingerprint density at radius 1 is 1.20 bits per heavy atom. The van der Waals surface area contributed by atoms with Crippen molar-refractivity contribution in [1.82, 2.24) is 0 Å². The molecule has 58 valence electrons. The van der Waals surface area contributed by atoms with Crippen LogP contribution in [-0.4, -0.2) is 0 Å². The highest BCUT2D eigenvalue weighted by Gasteiger charge is 2.44. The third kappa shape index (κ3) is 0.810. The molecule has 0 aromatic rings. The smallest absolute Gasteiger partial charge is 0.0355 e. The summed E-state index contributed by atoms with van der Waals surface area (Å²) in [5, 5.41) is 0. The highest BCUT2D eigenvalue weighted by Crippen LogP contribution is 2.53. The van der Waals surface area contributed by atoms with E-state index in [-0.39, 0.29) is 0 Å². The normalized spacial score (nSPS) is 45.3. The van der Waals surface area contributed by atoms with Gasteiger partial charge in [0, 0.05) is 0 Å². The average molecular weight is 138 g/mol. The molecule has 0 nitrogen and oxygen atoms in total. The second-order valence-electron chi connectivity index (χ2n) is 4.50. The van der Waals surface area contributed by atoms with Crippen molar-refractivity contribution in [2.75, 3.05) is 0 Å². The molecule has 0 aromatic carbocycles. The molecule has 0 aromatic heterocycles. The summed E-state index contributed by atoms with van der Waals surface area (Å²) in [6.45, 7) is 4.78. The third-order valence-electron chi connectivity index (χ3n) is 3.70. The molecular formula is C10H18. The Morgan fingerprint density at radius 2 is 2.00 bits per heavy atom. The van der Waals surface area contributed by atoms with E-state index in [4.69, 9.17) is 0 Å². The maximum Gasteiger partial charge on any atom is -0.0355 e. The van der Waals surface area contributed by atoms with Crippen molar-refractivity contribution in [3.63, 3.8) is 0 Å². The predicted octanol–water partition coefficient (Wildman–Crippen LogP) is 3.08. The van der Waals surface area contributed by atoms with E-state index in [2.05, 4.69) is 13.8 Å².